The van der Waals surface area contributed by atoms with E-state index in [-0.39, 0.29) is 5.78 Å². The van der Waals surface area contributed by atoms with Crippen LogP contribution in [0.5, 0.6) is 11.5 Å². The number of ether oxygens (including phenoxy) is 2. The van der Waals surface area contributed by atoms with E-state index in [4.69, 9.17) is 9.47 Å². The molecular weight excluding hydrogens is 242 g/mol. The van der Waals surface area contributed by atoms with Crippen molar-refractivity contribution in [2.75, 3.05) is 20.8 Å². The van der Waals surface area contributed by atoms with Crippen LogP contribution in [0.2, 0.25) is 0 Å². The van der Waals surface area contributed by atoms with Crippen molar-refractivity contribution >= 4 is 5.78 Å². The lowest BCUT2D eigenvalue weighted by atomic mass is 10.1. The van der Waals surface area contributed by atoms with E-state index in [1.807, 2.05) is 0 Å². The molecule has 0 aliphatic rings. The molecule has 0 fully saturated rings. The number of benzene rings is 1. The van der Waals surface area contributed by atoms with Crippen molar-refractivity contribution in [1.29, 1.82) is 0 Å². The quantitative estimate of drug-likeness (QED) is 0.580. The molecule has 0 aromatic heterocycles. The fraction of sp³-hybridized carbons (Fsp3) is 0.533. The Balaban J connectivity index is 2.61. The maximum absolute atomic E-state index is 12.1. The number of carbonyl (C=O) groups excluding carboxylic acids is 1. The van der Waals surface area contributed by atoms with Gasteiger partial charge in [-0.25, -0.2) is 0 Å². The third-order valence-corrected chi connectivity index (χ3v) is 2.84. The topological polar surface area (TPSA) is 47.6 Å². The van der Waals surface area contributed by atoms with E-state index in [2.05, 4.69) is 19.2 Å². The molecule has 106 valence electrons. The van der Waals surface area contributed by atoms with Crippen LogP contribution in [0.15, 0.2) is 18.2 Å². The molecule has 0 saturated heterocycles. The summed E-state index contributed by atoms with van der Waals surface area (Å²) in [6.45, 7) is 5.03. The monoisotopic (exact) mass is 265 g/mol. The Bertz CT molecular complexity index is 416. The molecule has 19 heavy (non-hydrogen) atoms. The third kappa shape index (κ3) is 4.91. The normalized spacial score (nSPS) is 10.6. The Morgan fingerprint density at radius 3 is 2.58 bits per heavy atom. The summed E-state index contributed by atoms with van der Waals surface area (Å²) in [5.41, 5.74) is 0.618. The maximum atomic E-state index is 12.1. The second-order valence-corrected chi connectivity index (χ2v) is 4.70. The minimum Gasteiger partial charge on any atom is -0.497 e. The minimum atomic E-state index is 0.102. The van der Waals surface area contributed by atoms with Crippen molar-refractivity contribution in [2.24, 2.45) is 0 Å². The molecule has 0 atom stereocenters. The molecule has 1 aromatic rings. The molecule has 0 heterocycles. The SMILES string of the molecule is COc1ccc(C(=O)CCCNC(C)C)c(OC)c1. The predicted molar refractivity (Wildman–Crippen MR) is 76.2 cm³/mol. The van der Waals surface area contributed by atoms with Gasteiger partial charge in [0.2, 0.25) is 0 Å². The fourth-order valence-electron chi connectivity index (χ4n) is 1.80. The zero-order valence-electron chi connectivity index (χ0n) is 12.2. The van der Waals surface area contributed by atoms with Crippen molar-refractivity contribution in [3.05, 3.63) is 23.8 Å². The van der Waals surface area contributed by atoms with Gasteiger partial charge in [-0.3, -0.25) is 4.79 Å². The van der Waals surface area contributed by atoms with Gasteiger partial charge in [0.1, 0.15) is 11.5 Å². The lowest BCUT2D eigenvalue weighted by Gasteiger charge is -2.10. The molecule has 0 amide bonds. The molecule has 1 rings (SSSR count). The number of carbonyl (C=O) groups is 1. The van der Waals surface area contributed by atoms with Crippen LogP contribution in [-0.4, -0.2) is 32.6 Å². The number of methoxy groups -OCH3 is 2. The van der Waals surface area contributed by atoms with Crippen molar-refractivity contribution in [2.45, 2.75) is 32.7 Å². The predicted octanol–water partition coefficient (Wildman–Crippen LogP) is 2.66. The smallest absolute Gasteiger partial charge is 0.166 e. The highest BCUT2D eigenvalue weighted by Crippen LogP contribution is 2.25. The number of rotatable bonds is 8. The molecule has 0 aliphatic carbocycles. The van der Waals surface area contributed by atoms with Crippen LogP contribution in [0.3, 0.4) is 0 Å². The number of hydrogen-bond donors (Lipinski definition) is 1. The third-order valence-electron chi connectivity index (χ3n) is 2.84. The van der Waals surface area contributed by atoms with E-state index in [0.29, 0.717) is 29.5 Å². The number of hydrogen-bond acceptors (Lipinski definition) is 4. The molecule has 0 bridgehead atoms. The van der Waals surface area contributed by atoms with Gasteiger partial charge >= 0.3 is 0 Å². The summed E-state index contributed by atoms with van der Waals surface area (Å²) in [7, 11) is 3.15. The van der Waals surface area contributed by atoms with Gasteiger partial charge in [-0.15, -0.1) is 0 Å². The molecular formula is C15H23NO3. The first-order valence-electron chi connectivity index (χ1n) is 6.57. The fourth-order valence-corrected chi connectivity index (χ4v) is 1.80. The van der Waals surface area contributed by atoms with Crippen LogP contribution in [0.1, 0.15) is 37.0 Å². The summed E-state index contributed by atoms with van der Waals surface area (Å²) < 4.78 is 10.4. The number of nitrogens with one attached hydrogen (secondary N) is 1. The zero-order chi connectivity index (χ0) is 14.3. The van der Waals surface area contributed by atoms with E-state index in [0.717, 1.165) is 13.0 Å². The van der Waals surface area contributed by atoms with Gasteiger partial charge in [0.05, 0.1) is 19.8 Å². The summed E-state index contributed by atoms with van der Waals surface area (Å²) in [4.78, 5) is 12.1. The van der Waals surface area contributed by atoms with Crippen LogP contribution >= 0.6 is 0 Å². The average Bonchev–Trinajstić information content (AvgIpc) is 2.42. The molecule has 0 unspecified atom stereocenters. The molecule has 1 N–H and O–H groups in total. The zero-order valence-corrected chi connectivity index (χ0v) is 12.2. The van der Waals surface area contributed by atoms with Crippen LogP contribution in [0.4, 0.5) is 0 Å². The van der Waals surface area contributed by atoms with Crippen LogP contribution in [-0.2, 0) is 0 Å². The van der Waals surface area contributed by atoms with Crippen molar-refractivity contribution < 1.29 is 14.3 Å². The molecule has 0 spiro atoms. The molecule has 0 aliphatic heterocycles. The van der Waals surface area contributed by atoms with Crippen molar-refractivity contribution in [3.8, 4) is 11.5 Å². The Morgan fingerprint density at radius 2 is 2.00 bits per heavy atom. The van der Waals surface area contributed by atoms with Gasteiger partial charge in [0.15, 0.2) is 5.78 Å². The van der Waals surface area contributed by atoms with Crippen molar-refractivity contribution in [3.63, 3.8) is 0 Å². The first-order valence-corrected chi connectivity index (χ1v) is 6.57. The molecule has 4 nitrogen and oxygen atoms in total. The van der Waals surface area contributed by atoms with Gasteiger partial charge in [-0.05, 0) is 25.1 Å². The molecule has 1 aromatic carbocycles. The van der Waals surface area contributed by atoms with E-state index in [1.54, 1.807) is 32.4 Å². The van der Waals surface area contributed by atoms with Crippen LogP contribution in [0, 0.1) is 0 Å². The first-order chi connectivity index (χ1) is 9.08. The van der Waals surface area contributed by atoms with Gasteiger partial charge in [0, 0.05) is 18.5 Å². The maximum Gasteiger partial charge on any atom is 0.166 e. The van der Waals surface area contributed by atoms with E-state index < -0.39 is 0 Å². The van der Waals surface area contributed by atoms with Crippen molar-refractivity contribution in [1.82, 2.24) is 5.32 Å². The molecule has 0 saturated carbocycles. The van der Waals surface area contributed by atoms with Gasteiger partial charge < -0.3 is 14.8 Å². The lowest BCUT2D eigenvalue weighted by molar-refractivity contribution is 0.0976. The van der Waals surface area contributed by atoms with E-state index >= 15 is 0 Å². The van der Waals surface area contributed by atoms with E-state index in [1.165, 1.54) is 0 Å². The number of Topliss-reactive ketones (excluding diaryl/α,β-unsaturated/α-hetero) is 1. The average molecular weight is 265 g/mol. The first kappa shape index (κ1) is 15.5. The summed E-state index contributed by atoms with van der Waals surface area (Å²) in [6.07, 6.45) is 1.34. The molecule has 4 heteroatoms. The van der Waals surface area contributed by atoms with Crippen LogP contribution in [0.25, 0.3) is 0 Å². The Labute approximate surface area is 115 Å². The lowest BCUT2D eigenvalue weighted by Crippen LogP contribution is -2.24. The van der Waals surface area contributed by atoms with Gasteiger partial charge in [0.25, 0.3) is 0 Å². The Kier molecular flexibility index (Phi) is 6.36. The second-order valence-electron chi connectivity index (χ2n) is 4.70. The summed E-state index contributed by atoms with van der Waals surface area (Å²) >= 11 is 0. The summed E-state index contributed by atoms with van der Waals surface area (Å²) in [6, 6.07) is 5.73. The Hall–Kier alpha value is -1.55. The Morgan fingerprint density at radius 1 is 1.26 bits per heavy atom. The highest BCUT2D eigenvalue weighted by Gasteiger charge is 2.12. The van der Waals surface area contributed by atoms with Crippen LogP contribution < -0.4 is 14.8 Å². The second kappa shape index (κ2) is 7.79. The minimum absolute atomic E-state index is 0.102. The summed E-state index contributed by atoms with van der Waals surface area (Å²) in [5, 5.41) is 3.30. The van der Waals surface area contributed by atoms with Gasteiger partial charge in [-0.2, -0.15) is 0 Å². The number of ketones is 1. The standard InChI is InChI=1S/C15H23NO3/c1-11(2)16-9-5-6-14(17)13-8-7-12(18-3)10-15(13)19-4/h7-8,10-11,16H,5-6,9H2,1-4H3. The largest absolute Gasteiger partial charge is 0.497 e. The molecule has 0 radical (unpaired) electrons. The summed E-state index contributed by atoms with van der Waals surface area (Å²) in [5.74, 6) is 1.36. The highest BCUT2D eigenvalue weighted by molar-refractivity contribution is 5.98. The van der Waals surface area contributed by atoms with E-state index in [9.17, 15) is 4.79 Å². The highest BCUT2D eigenvalue weighted by atomic mass is 16.5. The van der Waals surface area contributed by atoms with Gasteiger partial charge in [-0.1, -0.05) is 13.8 Å².